The van der Waals surface area contributed by atoms with E-state index in [9.17, 15) is 18.0 Å². The number of hydrogen-bond acceptors (Lipinski definition) is 6. The fraction of sp³-hybridized carbons (Fsp3) is 0.333. The number of hydrogen-bond donors (Lipinski definition) is 3. The van der Waals surface area contributed by atoms with E-state index in [2.05, 4.69) is 4.72 Å². The Bertz CT molecular complexity index is 740. The van der Waals surface area contributed by atoms with Crippen LogP contribution in [0.15, 0.2) is 35.2 Å². The van der Waals surface area contributed by atoms with Crippen molar-refractivity contribution in [1.82, 2.24) is 15.0 Å². The van der Waals surface area contributed by atoms with Gasteiger partial charge in [-0.05, 0) is 23.8 Å². The Balaban J connectivity index is 1.98. The first kappa shape index (κ1) is 19.1. The molecule has 2 amide bonds. The van der Waals surface area contributed by atoms with Crippen LogP contribution in [0.4, 0.5) is 0 Å². The third-order valence-corrected chi connectivity index (χ3v) is 4.93. The molecule has 0 aliphatic carbocycles. The van der Waals surface area contributed by atoms with Crippen molar-refractivity contribution in [3.05, 3.63) is 35.9 Å². The second-order valence-corrected chi connectivity index (χ2v) is 7.00. The molecule has 0 aromatic heterocycles. The van der Waals surface area contributed by atoms with Crippen molar-refractivity contribution in [1.29, 1.82) is 0 Å². The summed E-state index contributed by atoms with van der Waals surface area (Å²) in [6.07, 6.45) is 3.06. The number of rotatable bonds is 6. The predicted molar refractivity (Wildman–Crippen MR) is 90.4 cm³/mol. The molecule has 1 heterocycles. The van der Waals surface area contributed by atoms with E-state index in [1.165, 1.54) is 18.2 Å². The normalized spacial score (nSPS) is 15.3. The lowest BCUT2D eigenvalue weighted by Gasteiger charge is -2.25. The quantitative estimate of drug-likeness (QED) is 0.251. The lowest BCUT2D eigenvalue weighted by atomic mass is 10.2. The van der Waals surface area contributed by atoms with Gasteiger partial charge in [0.05, 0.1) is 24.7 Å². The standard InChI is InChI=1S/C15H20N4O5S/c16-18-14(20)11-17-25(22,23)13-4-1-12(2-5-13)3-6-15(21)19-7-9-24-10-8-19/h1-6,17H,7-11,16H2,(H,18,20)/b6-3+. The highest BCUT2D eigenvalue weighted by molar-refractivity contribution is 7.89. The summed E-state index contributed by atoms with van der Waals surface area (Å²) in [5, 5.41) is 0. The summed E-state index contributed by atoms with van der Waals surface area (Å²) in [7, 11) is -3.81. The summed E-state index contributed by atoms with van der Waals surface area (Å²) in [4.78, 5) is 24.7. The summed E-state index contributed by atoms with van der Waals surface area (Å²) < 4.78 is 31.3. The van der Waals surface area contributed by atoms with Crippen LogP contribution in [0, 0.1) is 0 Å². The number of ether oxygens (including phenoxy) is 1. The molecule has 1 fully saturated rings. The molecule has 0 bridgehead atoms. The summed E-state index contributed by atoms with van der Waals surface area (Å²) in [5.74, 6) is 4.13. The SMILES string of the molecule is NNC(=O)CNS(=O)(=O)c1ccc(/C=C/C(=O)N2CCOCC2)cc1. The molecule has 0 spiro atoms. The van der Waals surface area contributed by atoms with Gasteiger partial charge >= 0.3 is 0 Å². The van der Waals surface area contributed by atoms with E-state index in [-0.39, 0.29) is 10.8 Å². The highest BCUT2D eigenvalue weighted by Gasteiger charge is 2.15. The maximum atomic E-state index is 12.0. The van der Waals surface area contributed by atoms with Crippen LogP contribution >= 0.6 is 0 Å². The maximum Gasteiger partial charge on any atom is 0.248 e. The Hall–Kier alpha value is -2.27. The van der Waals surface area contributed by atoms with Crippen LogP contribution in [0.2, 0.25) is 0 Å². The molecule has 1 aliphatic heterocycles. The van der Waals surface area contributed by atoms with Gasteiger partial charge in [-0.1, -0.05) is 12.1 Å². The molecule has 0 radical (unpaired) electrons. The number of nitrogens with one attached hydrogen (secondary N) is 2. The van der Waals surface area contributed by atoms with Gasteiger partial charge in [-0.3, -0.25) is 15.0 Å². The van der Waals surface area contributed by atoms with Gasteiger partial charge in [0, 0.05) is 19.2 Å². The highest BCUT2D eigenvalue weighted by Crippen LogP contribution is 2.12. The monoisotopic (exact) mass is 368 g/mol. The van der Waals surface area contributed by atoms with Crippen LogP contribution in [-0.4, -0.2) is 58.0 Å². The summed E-state index contributed by atoms with van der Waals surface area (Å²) in [6, 6.07) is 5.92. The van der Waals surface area contributed by atoms with Crippen LogP contribution in [0.25, 0.3) is 6.08 Å². The maximum absolute atomic E-state index is 12.0. The van der Waals surface area contributed by atoms with E-state index < -0.39 is 22.5 Å². The molecule has 1 saturated heterocycles. The second kappa shape index (κ2) is 8.72. The van der Waals surface area contributed by atoms with Crippen molar-refractivity contribution < 1.29 is 22.7 Å². The lowest BCUT2D eigenvalue weighted by molar-refractivity contribution is -0.129. The van der Waals surface area contributed by atoms with Crippen molar-refractivity contribution >= 4 is 27.9 Å². The molecule has 0 saturated carbocycles. The van der Waals surface area contributed by atoms with E-state index in [4.69, 9.17) is 10.6 Å². The number of hydrazine groups is 1. The van der Waals surface area contributed by atoms with Gasteiger partial charge < -0.3 is 9.64 Å². The molecule has 10 heteroatoms. The zero-order valence-electron chi connectivity index (χ0n) is 13.5. The minimum Gasteiger partial charge on any atom is -0.378 e. The number of carbonyl (C=O) groups excluding carboxylic acids is 2. The Morgan fingerprint density at radius 2 is 1.84 bits per heavy atom. The van der Waals surface area contributed by atoms with Gasteiger partial charge in [-0.25, -0.2) is 19.0 Å². The molecule has 4 N–H and O–H groups in total. The van der Waals surface area contributed by atoms with E-state index in [0.717, 1.165) is 0 Å². The molecule has 25 heavy (non-hydrogen) atoms. The minimum absolute atomic E-state index is 0.00831. The van der Waals surface area contributed by atoms with Crippen LogP contribution in [0.1, 0.15) is 5.56 Å². The lowest BCUT2D eigenvalue weighted by Crippen LogP contribution is -2.40. The van der Waals surface area contributed by atoms with E-state index in [1.54, 1.807) is 23.1 Å². The molecule has 1 aromatic carbocycles. The minimum atomic E-state index is -3.81. The molecule has 1 aliphatic rings. The number of morpholine rings is 1. The first-order valence-corrected chi connectivity index (χ1v) is 9.04. The van der Waals surface area contributed by atoms with E-state index in [1.807, 2.05) is 5.43 Å². The zero-order valence-corrected chi connectivity index (χ0v) is 14.3. The topological polar surface area (TPSA) is 131 Å². The molecule has 136 valence electrons. The second-order valence-electron chi connectivity index (χ2n) is 5.23. The van der Waals surface area contributed by atoms with Crippen molar-refractivity contribution in [3.63, 3.8) is 0 Å². The van der Waals surface area contributed by atoms with E-state index in [0.29, 0.717) is 31.9 Å². The predicted octanol–water partition coefficient (Wildman–Crippen LogP) is -1.17. The van der Waals surface area contributed by atoms with Crippen molar-refractivity contribution in [2.45, 2.75) is 4.90 Å². The third-order valence-electron chi connectivity index (χ3n) is 3.52. The Morgan fingerprint density at radius 1 is 1.20 bits per heavy atom. The van der Waals surface area contributed by atoms with Gasteiger partial charge in [0.2, 0.25) is 21.8 Å². The van der Waals surface area contributed by atoms with E-state index >= 15 is 0 Å². The Labute approximate surface area is 145 Å². The van der Waals surface area contributed by atoms with Gasteiger partial charge in [-0.15, -0.1) is 0 Å². The number of carbonyl (C=O) groups is 2. The smallest absolute Gasteiger partial charge is 0.248 e. The summed E-state index contributed by atoms with van der Waals surface area (Å²) >= 11 is 0. The third kappa shape index (κ3) is 5.64. The zero-order chi connectivity index (χ0) is 18.3. The number of nitrogens with two attached hydrogens (primary N) is 1. The Kier molecular flexibility index (Phi) is 6.65. The summed E-state index contributed by atoms with van der Waals surface area (Å²) in [6.45, 7) is 1.72. The van der Waals surface area contributed by atoms with Crippen molar-refractivity contribution in [2.75, 3.05) is 32.8 Å². The molecule has 0 unspecified atom stereocenters. The van der Waals surface area contributed by atoms with Gasteiger partial charge in [0.25, 0.3) is 0 Å². The van der Waals surface area contributed by atoms with Gasteiger partial charge in [-0.2, -0.15) is 0 Å². The van der Waals surface area contributed by atoms with Crippen LogP contribution in [-0.2, 0) is 24.3 Å². The molecule has 1 aromatic rings. The average Bonchev–Trinajstić information content (AvgIpc) is 2.65. The Morgan fingerprint density at radius 3 is 2.44 bits per heavy atom. The first-order valence-electron chi connectivity index (χ1n) is 7.56. The van der Waals surface area contributed by atoms with Gasteiger partial charge in [0.15, 0.2) is 0 Å². The summed E-state index contributed by atoms with van der Waals surface area (Å²) in [5.41, 5.74) is 2.51. The number of amides is 2. The number of benzene rings is 1. The molecule has 0 atom stereocenters. The number of nitrogens with zero attached hydrogens (tertiary/aromatic N) is 1. The van der Waals surface area contributed by atoms with Crippen LogP contribution in [0.3, 0.4) is 0 Å². The van der Waals surface area contributed by atoms with Crippen LogP contribution < -0.4 is 16.0 Å². The van der Waals surface area contributed by atoms with Gasteiger partial charge in [0.1, 0.15) is 0 Å². The fourth-order valence-electron chi connectivity index (χ4n) is 2.11. The molecule has 9 nitrogen and oxygen atoms in total. The fourth-order valence-corrected chi connectivity index (χ4v) is 3.09. The van der Waals surface area contributed by atoms with Crippen LogP contribution in [0.5, 0.6) is 0 Å². The largest absolute Gasteiger partial charge is 0.378 e. The molecule has 2 rings (SSSR count). The molecular weight excluding hydrogens is 348 g/mol. The number of sulfonamides is 1. The molecular formula is C15H20N4O5S. The van der Waals surface area contributed by atoms with Crippen molar-refractivity contribution in [3.8, 4) is 0 Å². The average molecular weight is 368 g/mol. The first-order chi connectivity index (χ1) is 11.9. The highest BCUT2D eigenvalue weighted by atomic mass is 32.2. The van der Waals surface area contributed by atoms with Crippen molar-refractivity contribution in [2.24, 2.45) is 5.84 Å².